The largest absolute Gasteiger partial charge is 0.534 e. The summed E-state index contributed by atoms with van der Waals surface area (Å²) in [5.74, 6) is -0.725. The highest BCUT2D eigenvalue weighted by Gasteiger charge is 2.53. The maximum Gasteiger partial charge on any atom is 0.534 e. The van der Waals surface area contributed by atoms with E-state index >= 15 is 0 Å². The molecule has 1 fully saturated rings. The van der Waals surface area contributed by atoms with Crippen molar-refractivity contribution in [2.45, 2.75) is 38.9 Å². The Bertz CT molecular complexity index is 1310. The van der Waals surface area contributed by atoms with Crippen LogP contribution in [0.4, 0.5) is 0 Å². The van der Waals surface area contributed by atoms with Gasteiger partial charge in [0.15, 0.2) is 17.4 Å². The van der Waals surface area contributed by atoms with Gasteiger partial charge in [-0.2, -0.15) is 0 Å². The van der Waals surface area contributed by atoms with Crippen molar-refractivity contribution >= 4 is 12.8 Å². The Morgan fingerprint density at radius 2 is 1.11 bits per heavy atom. The Morgan fingerprint density at radius 1 is 0.704 bits per heavy atom. The summed E-state index contributed by atoms with van der Waals surface area (Å²) >= 11 is 0. The van der Waals surface area contributed by atoms with Crippen molar-refractivity contribution in [2.75, 3.05) is 0 Å². The van der Waals surface area contributed by atoms with Crippen molar-refractivity contribution in [3.8, 4) is 22.8 Å². The normalized spacial score (nSPS) is 23.0. The quantitative estimate of drug-likeness (QED) is 0.662. The Labute approximate surface area is 174 Å². The Kier molecular flexibility index (Phi) is 2.32. The summed E-state index contributed by atoms with van der Waals surface area (Å²) in [7, 11) is -1.18. The standard InChI is InChI=1S/C21H22BN3O2/c1-20(2)21(3,4)27-22(26-20)19-24-17(15-11-7-5-8-12-15)23-18(25-19)16-13-9-6-10-14-16/h5-14H,1-4H3/i5D,6D,7D,8D,9D,10D,11D,12D,13D,14D. The van der Waals surface area contributed by atoms with Crippen LogP contribution >= 0.6 is 0 Å². The molecule has 1 aromatic heterocycles. The van der Waals surface area contributed by atoms with E-state index in [1.165, 1.54) is 0 Å². The summed E-state index contributed by atoms with van der Waals surface area (Å²) < 4.78 is 93.2. The summed E-state index contributed by atoms with van der Waals surface area (Å²) in [6.45, 7) is 7.17. The first-order valence-corrected chi connectivity index (χ1v) is 8.26. The maximum atomic E-state index is 8.34. The van der Waals surface area contributed by atoms with E-state index in [0.29, 0.717) is 0 Å². The van der Waals surface area contributed by atoms with Gasteiger partial charge in [-0.3, -0.25) is 0 Å². The minimum absolute atomic E-state index is 0.155. The fraction of sp³-hybridized carbons (Fsp3) is 0.286. The molecule has 27 heavy (non-hydrogen) atoms. The molecule has 0 aliphatic carbocycles. The summed E-state index contributed by atoms with van der Waals surface area (Å²) in [5.41, 5.74) is -2.47. The van der Waals surface area contributed by atoms with Crippen molar-refractivity contribution in [3.05, 3.63) is 60.4 Å². The molecule has 0 amide bonds. The summed E-state index contributed by atoms with van der Waals surface area (Å²) in [4.78, 5) is 12.8. The van der Waals surface area contributed by atoms with Crippen LogP contribution in [-0.4, -0.2) is 33.3 Å². The third-order valence-corrected chi connectivity index (χ3v) is 4.56. The SMILES string of the molecule is [2H]c1c([2H])c([2H])c(-c2nc(B3OC(C)(C)C(C)(C)O3)nc(-c3c([2H])c([2H])c([2H])c([2H])c3[2H])n2)c([2H])c1[2H]. The summed E-state index contributed by atoms with van der Waals surface area (Å²) in [6.07, 6.45) is 0. The molecular weight excluding hydrogens is 337 g/mol. The Balaban J connectivity index is 2.07. The summed E-state index contributed by atoms with van der Waals surface area (Å²) in [6, 6.07) is -5.98. The smallest absolute Gasteiger partial charge is 0.397 e. The first kappa shape index (κ1) is 9.58. The highest BCUT2D eigenvalue weighted by molar-refractivity contribution is 6.60. The van der Waals surface area contributed by atoms with Crippen molar-refractivity contribution in [1.29, 1.82) is 0 Å². The van der Waals surface area contributed by atoms with Gasteiger partial charge in [0.2, 0.25) is 0 Å². The first-order valence-electron chi connectivity index (χ1n) is 13.3. The van der Waals surface area contributed by atoms with E-state index < -0.39 is 78.7 Å². The van der Waals surface area contributed by atoms with Crippen LogP contribution in [0.3, 0.4) is 0 Å². The number of hydrogen-bond donors (Lipinski definition) is 0. The van der Waals surface area contributed by atoms with E-state index in [2.05, 4.69) is 15.0 Å². The fourth-order valence-electron chi connectivity index (χ4n) is 2.39. The molecule has 0 bridgehead atoms. The van der Waals surface area contributed by atoms with E-state index in [0.717, 1.165) is 0 Å². The second-order valence-corrected chi connectivity index (χ2v) is 6.93. The first-order chi connectivity index (χ1) is 17.0. The monoisotopic (exact) mass is 369 g/mol. The van der Waals surface area contributed by atoms with Crippen LogP contribution in [0.25, 0.3) is 22.8 Å². The zero-order valence-electron chi connectivity index (χ0n) is 25.2. The van der Waals surface area contributed by atoms with Crippen LogP contribution < -0.4 is 5.72 Å². The van der Waals surface area contributed by atoms with Crippen LogP contribution in [0.1, 0.15) is 41.4 Å². The van der Waals surface area contributed by atoms with E-state index in [1.54, 1.807) is 27.7 Å². The predicted octanol–water partition coefficient (Wildman–Crippen LogP) is 3.50. The van der Waals surface area contributed by atoms with Crippen molar-refractivity contribution in [1.82, 2.24) is 15.0 Å². The van der Waals surface area contributed by atoms with Gasteiger partial charge >= 0.3 is 7.12 Å². The van der Waals surface area contributed by atoms with Crippen LogP contribution in [-0.2, 0) is 9.31 Å². The zero-order chi connectivity index (χ0) is 27.8. The van der Waals surface area contributed by atoms with E-state index in [1.807, 2.05) is 0 Å². The Hall–Kier alpha value is -2.57. The average molecular weight is 369 g/mol. The minimum atomic E-state index is -1.18. The van der Waals surface area contributed by atoms with E-state index in [9.17, 15) is 0 Å². The highest BCUT2D eigenvalue weighted by atomic mass is 16.7. The molecule has 0 spiro atoms. The third kappa shape index (κ3) is 3.38. The van der Waals surface area contributed by atoms with Gasteiger partial charge in [0.1, 0.15) is 0 Å². The fourth-order valence-corrected chi connectivity index (χ4v) is 2.39. The lowest BCUT2D eigenvalue weighted by atomic mass is 9.89. The predicted molar refractivity (Wildman–Crippen MR) is 106 cm³/mol. The van der Waals surface area contributed by atoms with Gasteiger partial charge in [-0.1, -0.05) is 60.4 Å². The van der Waals surface area contributed by atoms with Crippen LogP contribution in [0.2, 0.25) is 0 Å². The number of aromatic nitrogens is 3. The van der Waals surface area contributed by atoms with Crippen LogP contribution in [0, 0.1) is 0 Å². The van der Waals surface area contributed by atoms with Gasteiger partial charge in [0.25, 0.3) is 0 Å². The van der Waals surface area contributed by atoms with Crippen LogP contribution in [0.15, 0.2) is 60.4 Å². The van der Waals surface area contributed by atoms with Gasteiger partial charge in [0.05, 0.1) is 24.9 Å². The molecule has 6 heteroatoms. The lowest BCUT2D eigenvalue weighted by molar-refractivity contribution is 0.00578. The second-order valence-electron chi connectivity index (χ2n) is 6.93. The zero-order valence-corrected chi connectivity index (χ0v) is 15.2. The molecule has 0 unspecified atom stereocenters. The molecule has 0 N–H and O–H groups in total. The van der Waals surface area contributed by atoms with Gasteiger partial charge in [-0.25, -0.2) is 15.0 Å². The molecule has 1 aliphatic heterocycles. The molecule has 0 atom stereocenters. The molecule has 0 radical (unpaired) electrons. The molecule has 1 aliphatic rings. The Morgan fingerprint density at radius 3 is 1.52 bits per heavy atom. The average Bonchev–Trinajstić information content (AvgIpc) is 3.05. The molecule has 2 aromatic carbocycles. The number of benzene rings is 2. The second kappa shape index (κ2) is 6.55. The molecule has 136 valence electrons. The topological polar surface area (TPSA) is 57.1 Å². The number of hydrogen-bond acceptors (Lipinski definition) is 5. The molecule has 4 rings (SSSR count). The van der Waals surface area contributed by atoms with E-state index in [-0.39, 0.29) is 28.5 Å². The van der Waals surface area contributed by atoms with Gasteiger partial charge in [-0.15, -0.1) is 0 Å². The van der Waals surface area contributed by atoms with Crippen molar-refractivity contribution in [2.24, 2.45) is 0 Å². The summed E-state index contributed by atoms with van der Waals surface area (Å²) in [5, 5.41) is 0. The molecule has 2 heterocycles. The molecule has 5 nitrogen and oxygen atoms in total. The molecular formula is C21H22BN3O2. The number of rotatable bonds is 3. The van der Waals surface area contributed by atoms with Crippen molar-refractivity contribution < 1.29 is 23.0 Å². The number of nitrogens with zero attached hydrogens (tertiary/aromatic N) is 3. The molecule has 3 aromatic rings. The van der Waals surface area contributed by atoms with Gasteiger partial charge in [-0.05, 0) is 27.7 Å². The van der Waals surface area contributed by atoms with Crippen molar-refractivity contribution in [3.63, 3.8) is 0 Å². The maximum absolute atomic E-state index is 8.34. The van der Waals surface area contributed by atoms with Crippen LogP contribution in [0.5, 0.6) is 0 Å². The highest BCUT2D eigenvalue weighted by Crippen LogP contribution is 2.36. The molecule has 0 saturated carbocycles. The van der Waals surface area contributed by atoms with E-state index in [4.69, 9.17) is 23.0 Å². The lowest BCUT2D eigenvalue weighted by Crippen LogP contribution is -2.41. The third-order valence-electron chi connectivity index (χ3n) is 4.56. The molecule has 1 saturated heterocycles. The lowest BCUT2D eigenvalue weighted by Gasteiger charge is -2.32. The van der Waals surface area contributed by atoms with Gasteiger partial charge < -0.3 is 9.31 Å². The van der Waals surface area contributed by atoms with Gasteiger partial charge in [0, 0.05) is 11.1 Å². The minimum Gasteiger partial charge on any atom is -0.397 e.